The monoisotopic (exact) mass is 278 g/mol. The van der Waals surface area contributed by atoms with Crippen molar-refractivity contribution in [2.24, 2.45) is 11.7 Å². The highest BCUT2D eigenvalue weighted by molar-refractivity contribution is 7.80. The summed E-state index contributed by atoms with van der Waals surface area (Å²) in [6.45, 7) is 6.20. The normalized spacial score (nSPS) is 14.6. The molecule has 0 atom stereocenters. The van der Waals surface area contributed by atoms with Gasteiger partial charge >= 0.3 is 0 Å². The fourth-order valence-electron chi connectivity index (χ4n) is 2.08. The SMILES string of the molecule is CCN(CCOc1cccc(C(N)=S)c1)CC1CC1. The third kappa shape index (κ3) is 4.80. The molecule has 1 aromatic rings. The van der Waals surface area contributed by atoms with Crippen LogP contribution in [-0.2, 0) is 0 Å². The fourth-order valence-corrected chi connectivity index (χ4v) is 2.20. The number of hydrogen-bond donors (Lipinski definition) is 1. The standard InChI is InChI=1S/C15H22N2OS/c1-2-17(11-12-6-7-12)8-9-18-14-5-3-4-13(10-14)15(16)19/h3-5,10,12H,2,6-9,11H2,1H3,(H2,16,19). The summed E-state index contributed by atoms with van der Waals surface area (Å²) < 4.78 is 5.77. The molecule has 0 saturated heterocycles. The maximum atomic E-state index is 5.77. The Balaban J connectivity index is 1.77. The zero-order valence-corrected chi connectivity index (χ0v) is 12.3. The Morgan fingerprint density at radius 2 is 2.26 bits per heavy atom. The van der Waals surface area contributed by atoms with E-state index in [0.717, 1.165) is 30.3 Å². The molecule has 0 radical (unpaired) electrons. The van der Waals surface area contributed by atoms with E-state index in [-0.39, 0.29) is 0 Å². The highest BCUT2D eigenvalue weighted by atomic mass is 32.1. The number of nitrogens with zero attached hydrogens (tertiary/aromatic N) is 1. The minimum atomic E-state index is 0.411. The first-order valence-electron chi connectivity index (χ1n) is 6.94. The molecule has 3 nitrogen and oxygen atoms in total. The second-order valence-corrected chi connectivity index (χ2v) is 5.52. The Morgan fingerprint density at radius 1 is 1.47 bits per heavy atom. The van der Waals surface area contributed by atoms with Crippen LogP contribution in [0, 0.1) is 5.92 Å². The second kappa shape index (κ2) is 6.87. The average Bonchev–Trinajstić information content (AvgIpc) is 3.22. The molecule has 2 rings (SSSR count). The number of ether oxygens (including phenoxy) is 1. The molecular formula is C15H22N2OS. The Bertz CT molecular complexity index is 432. The van der Waals surface area contributed by atoms with E-state index in [1.807, 2.05) is 24.3 Å². The van der Waals surface area contributed by atoms with E-state index in [1.165, 1.54) is 19.4 Å². The van der Waals surface area contributed by atoms with E-state index >= 15 is 0 Å². The first-order chi connectivity index (χ1) is 9.19. The molecular weight excluding hydrogens is 256 g/mol. The second-order valence-electron chi connectivity index (χ2n) is 5.08. The molecule has 1 aliphatic rings. The first-order valence-corrected chi connectivity index (χ1v) is 7.35. The zero-order chi connectivity index (χ0) is 13.7. The zero-order valence-electron chi connectivity index (χ0n) is 11.5. The van der Waals surface area contributed by atoms with Crippen LogP contribution in [0.5, 0.6) is 5.75 Å². The molecule has 0 heterocycles. The number of hydrogen-bond acceptors (Lipinski definition) is 3. The van der Waals surface area contributed by atoms with Gasteiger partial charge < -0.3 is 10.5 Å². The molecule has 104 valence electrons. The van der Waals surface area contributed by atoms with Crippen molar-refractivity contribution in [2.75, 3.05) is 26.2 Å². The van der Waals surface area contributed by atoms with Crippen LogP contribution in [0.15, 0.2) is 24.3 Å². The number of benzene rings is 1. The van der Waals surface area contributed by atoms with Crippen molar-refractivity contribution >= 4 is 17.2 Å². The van der Waals surface area contributed by atoms with Crippen molar-refractivity contribution in [3.8, 4) is 5.75 Å². The molecule has 19 heavy (non-hydrogen) atoms. The summed E-state index contributed by atoms with van der Waals surface area (Å²) in [4.78, 5) is 2.86. The van der Waals surface area contributed by atoms with E-state index in [1.54, 1.807) is 0 Å². The lowest BCUT2D eigenvalue weighted by molar-refractivity contribution is 0.210. The summed E-state index contributed by atoms with van der Waals surface area (Å²) >= 11 is 4.96. The van der Waals surface area contributed by atoms with Gasteiger partial charge in [0.05, 0.1) is 0 Å². The summed E-state index contributed by atoms with van der Waals surface area (Å²) in [6, 6.07) is 7.67. The molecule has 0 unspecified atom stereocenters. The van der Waals surface area contributed by atoms with Crippen molar-refractivity contribution in [3.05, 3.63) is 29.8 Å². The molecule has 1 aromatic carbocycles. The van der Waals surface area contributed by atoms with Gasteiger partial charge in [0.2, 0.25) is 0 Å². The molecule has 1 fully saturated rings. The van der Waals surface area contributed by atoms with Gasteiger partial charge in [-0.3, -0.25) is 4.90 Å². The van der Waals surface area contributed by atoms with E-state index in [2.05, 4.69) is 11.8 Å². The van der Waals surface area contributed by atoms with Crippen LogP contribution < -0.4 is 10.5 Å². The largest absolute Gasteiger partial charge is 0.492 e. The van der Waals surface area contributed by atoms with Crippen LogP contribution in [0.1, 0.15) is 25.3 Å². The van der Waals surface area contributed by atoms with Crippen LogP contribution in [0.4, 0.5) is 0 Å². The van der Waals surface area contributed by atoms with E-state index in [9.17, 15) is 0 Å². The lowest BCUT2D eigenvalue weighted by Crippen LogP contribution is -2.30. The van der Waals surface area contributed by atoms with Gasteiger partial charge in [-0.25, -0.2) is 0 Å². The minimum Gasteiger partial charge on any atom is -0.492 e. The lowest BCUT2D eigenvalue weighted by atomic mass is 10.2. The molecule has 0 aliphatic heterocycles. The fraction of sp³-hybridized carbons (Fsp3) is 0.533. The minimum absolute atomic E-state index is 0.411. The van der Waals surface area contributed by atoms with Crippen molar-refractivity contribution in [1.29, 1.82) is 0 Å². The van der Waals surface area contributed by atoms with Crippen molar-refractivity contribution in [3.63, 3.8) is 0 Å². The Hall–Kier alpha value is -1.13. The molecule has 4 heteroatoms. The van der Waals surface area contributed by atoms with Crippen LogP contribution in [-0.4, -0.2) is 36.1 Å². The third-order valence-electron chi connectivity index (χ3n) is 3.46. The van der Waals surface area contributed by atoms with Crippen LogP contribution in [0.3, 0.4) is 0 Å². The van der Waals surface area contributed by atoms with Crippen LogP contribution >= 0.6 is 12.2 Å². The quantitative estimate of drug-likeness (QED) is 0.741. The molecule has 0 bridgehead atoms. The number of thiocarbonyl (C=S) groups is 1. The maximum absolute atomic E-state index is 5.77. The van der Waals surface area contributed by atoms with E-state index in [4.69, 9.17) is 22.7 Å². The Morgan fingerprint density at radius 3 is 2.89 bits per heavy atom. The highest BCUT2D eigenvalue weighted by Crippen LogP contribution is 2.29. The lowest BCUT2D eigenvalue weighted by Gasteiger charge is -2.20. The molecule has 2 N–H and O–H groups in total. The van der Waals surface area contributed by atoms with Gasteiger partial charge in [-0.15, -0.1) is 0 Å². The van der Waals surface area contributed by atoms with Gasteiger partial charge in [0, 0.05) is 18.7 Å². The average molecular weight is 278 g/mol. The van der Waals surface area contributed by atoms with Gasteiger partial charge in [0.25, 0.3) is 0 Å². The number of rotatable bonds is 8. The van der Waals surface area contributed by atoms with Gasteiger partial charge in [-0.1, -0.05) is 31.3 Å². The van der Waals surface area contributed by atoms with Gasteiger partial charge in [-0.05, 0) is 37.4 Å². The van der Waals surface area contributed by atoms with E-state index < -0.39 is 0 Å². The number of likely N-dealkylation sites (N-methyl/N-ethyl adjacent to an activating group) is 1. The summed E-state index contributed by atoms with van der Waals surface area (Å²) in [6.07, 6.45) is 2.79. The topological polar surface area (TPSA) is 38.5 Å². The highest BCUT2D eigenvalue weighted by Gasteiger charge is 2.23. The predicted molar refractivity (Wildman–Crippen MR) is 82.7 cm³/mol. The molecule has 0 amide bonds. The van der Waals surface area contributed by atoms with Gasteiger partial charge in [-0.2, -0.15) is 0 Å². The van der Waals surface area contributed by atoms with Crippen molar-refractivity contribution < 1.29 is 4.74 Å². The smallest absolute Gasteiger partial charge is 0.120 e. The predicted octanol–water partition coefficient (Wildman–Crippen LogP) is 2.43. The van der Waals surface area contributed by atoms with Gasteiger partial charge in [0.15, 0.2) is 0 Å². The Labute approximate surface area is 120 Å². The van der Waals surface area contributed by atoms with Crippen LogP contribution in [0.2, 0.25) is 0 Å². The van der Waals surface area contributed by atoms with Crippen LogP contribution in [0.25, 0.3) is 0 Å². The summed E-state index contributed by atoms with van der Waals surface area (Å²) in [5.74, 6) is 1.77. The number of nitrogens with two attached hydrogens (primary N) is 1. The molecule has 0 aromatic heterocycles. The summed E-state index contributed by atoms with van der Waals surface area (Å²) in [5, 5.41) is 0. The molecule has 0 spiro atoms. The first kappa shape index (κ1) is 14.3. The van der Waals surface area contributed by atoms with Crippen molar-refractivity contribution in [1.82, 2.24) is 4.90 Å². The summed E-state index contributed by atoms with van der Waals surface area (Å²) in [7, 11) is 0. The molecule has 1 saturated carbocycles. The van der Waals surface area contributed by atoms with Gasteiger partial charge in [0.1, 0.15) is 17.3 Å². The maximum Gasteiger partial charge on any atom is 0.120 e. The Kier molecular flexibility index (Phi) is 5.16. The third-order valence-corrected chi connectivity index (χ3v) is 3.69. The summed E-state index contributed by atoms with van der Waals surface area (Å²) in [5.41, 5.74) is 6.47. The molecule has 1 aliphatic carbocycles. The van der Waals surface area contributed by atoms with Crippen molar-refractivity contribution in [2.45, 2.75) is 19.8 Å². The van der Waals surface area contributed by atoms with E-state index in [0.29, 0.717) is 11.6 Å².